The Balaban J connectivity index is 1.82. The second kappa shape index (κ2) is 6.17. The third-order valence-corrected chi connectivity index (χ3v) is 6.34. The van der Waals surface area contributed by atoms with Gasteiger partial charge in [0.05, 0.1) is 10.9 Å². The molecule has 0 unspecified atom stereocenters. The van der Waals surface area contributed by atoms with Crippen LogP contribution in [0.2, 0.25) is 4.34 Å². The smallest absolute Gasteiger partial charge is 0.105 e. The van der Waals surface area contributed by atoms with Gasteiger partial charge in [0.2, 0.25) is 0 Å². The van der Waals surface area contributed by atoms with Gasteiger partial charge in [-0.15, -0.1) is 11.3 Å². The number of thiophene rings is 1. The highest BCUT2D eigenvalue weighted by molar-refractivity contribution is 7.16. The van der Waals surface area contributed by atoms with Gasteiger partial charge in [0.15, 0.2) is 0 Å². The summed E-state index contributed by atoms with van der Waals surface area (Å²) in [4.78, 5) is 3.73. The molecule has 1 aromatic heterocycles. The Labute approximate surface area is 135 Å². The van der Waals surface area contributed by atoms with Gasteiger partial charge in [0.25, 0.3) is 0 Å². The Morgan fingerprint density at radius 1 is 1.57 bits per heavy atom. The Hall–Kier alpha value is -0.130. The first kappa shape index (κ1) is 15.8. The van der Waals surface area contributed by atoms with Crippen molar-refractivity contribution < 1.29 is 9.84 Å². The van der Waals surface area contributed by atoms with E-state index in [-0.39, 0.29) is 5.60 Å². The summed E-state index contributed by atoms with van der Waals surface area (Å²) in [7, 11) is 0. The second-order valence-electron chi connectivity index (χ2n) is 6.35. The average Bonchev–Trinajstić information content (AvgIpc) is 2.86. The fourth-order valence-corrected chi connectivity index (χ4v) is 5.13. The maximum atomic E-state index is 10.1. The lowest BCUT2D eigenvalue weighted by atomic mass is 9.81. The molecule has 1 spiro atoms. The van der Waals surface area contributed by atoms with Gasteiger partial charge in [0.1, 0.15) is 11.7 Å². The monoisotopic (exact) mass is 329 g/mol. The number of ether oxygens (including phenoxy) is 1. The van der Waals surface area contributed by atoms with E-state index in [1.807, 2.05) is 6.07 Å². The van der Waals surface area contributed by atoms with Gasteiger partial charge in [-0.3, -0.25) is 0 Å². The summed E-state index contributed by atoms with van der Waals surface area (Å²) in [5.41, 5.74) is 0.763. The molecule has 1 aromatic rings. The van der Waals surface area contributed by atoms with Crippen molar-refractivity contribution in [2.45, 2.75) is 57.3 Å². The molecule has 118 valence electrons. The summed E-state index contributed by atoms with van der Waals surface area (Å²) in [6, 6.07) is 2.43. The predicted molar refractivity (Wildman–Crippen MR) is 87.1 cm³/mol. The van der Waals surface area contributed by atoms with Crippen LogP contribution in [-0.4, -0.2) is 35.7 Å². The van der Waals surface area contributed by atoms with Crippen molar-refractivity contribution in [1.82, 2.24) is 4.90 Å². The number of hydrogen-bond acceptors (Lipinski definition) is 4. The summed E-state index contributed by atoms with van der Waals surface area (Å²) in [6.07, 6.45) is 3.96. The molecular formula is C16H24ClNO2S. The normalized spacial score (nSPS) is 33.3. The largest absolute Gasteiger partial charge is 0.386 e. The van der Waals surface area contributed by atoms with E-state index >= 15 is 0 Å². The van der Waals surface area contributed by atoms with Crippen LogP contribution < -0.4 is 0 Å². The molecule has 2 aliphatic rings. The number of rotatable bonds is 3. The molecule has 0 bridgehead atoms. The minimum absolute atomic E-state index is 0.228. The molecule has 3 heterocycles. The summed E-state index contributed by atoms with van der Waals surface area (Å²) in [6.45, 7) is 7.16. The molecule has 3 nitrogen and oxygen atoms in total. The topological polar surface area (TPSA) is 32.7 Å². The van der Waals surface area contributed by atoms with Gasteiger partial charge in [0, 0.05) is 23.0 Å². The van der Waals surface area contributed by atoms with Crippen molar-refractivity contribution in [2.75, 3.05) is 19.7 Å². The van der Waals surface area contributed by atoms with Crippen LogP contribution in [0.1, 0.15) is 56.1 Å². The summed E-state index contributed by atoms with van der Waals surface area (Å²) >= 11 is 7.78. The lowest BCUT2D eigenvalue weighted by Gasteiger charge is -2.47. The zero-order chi connectivity index (χ0) is 15.0. The molecule has 0 saturated carbocycles. The molecular weight excluding hydrogens is 306 g/mol. The van der Waals surface area contributed by atoms with E-state index < -0.39 is 6.10 Å². The third-order valence-electron chi connectivity index (χ3n) is 4.87. The molecule has 21 heavy (non-hydrogen) atoms. The third kappa shape index (κ3) is 2.89. The minimum Gasteiger partial charge on any atom is -0.386 e. The highest BCUT2D eigenvalue weighted by atomic mass is 35.5. The zero-order valence-corrected chi connectivity index (χ0v) is 14.3. The molecule has 0 aliphatic carbocycles. The second-order valence-corrected chi connectivity index (χ2v) is 8.03. The Morgan fingerprint density at radius 2 is 2.38 bits per heavy atom. The standard InChI is InChI=1S/C16H24ClNO2S/c1-3-4-6-18-7-5-16(9-11(18)2)15-12(8-14(17)21-15)13(19)10-20-16/h8,11,13,19H,3-7,9-10H2,1-2H3/t11-,13-,16+/m0/s1. The van der Waals surface area contributed by atoms with Gasteiger partial charge in [-0.05, 0) is 38.8 Å². The van der Waals surface area contributed by atoms with E-state index in [2.05, 4.69) is 18.7 Å². The molecule has 0 amide bonds. The van der Waals surface area contributed by atoms with Crippen LogP contribution in [0.15, 0.2) is 6.07 Å². The summed E-state index contributed by atoms with van der Waals surface area (Å²) in [5.74, 6) is 0. The zero-order valence-electron chi connectivity index (χ0n) is 12.8. The number of halogens is 1. The van der Waals surface area contributed by atoms with Crippen molar-refractivity contribution in [2.24, 2.45) is 0 Å². The number of aliphatic hydroxyl groups is 1. The minimum atomic E-state index is -0.525. The molecule has 1 saturated heterocycles. The Bertz CT molecular complexity index is 506. The molecule has 1 fully saturated rings. The van der Waals surface area contributed by atoms with Gasteiger partial charge in [-0.2, -0.15) is 0 Å². The molecule has 1 N–H and O–H groups in total. The Kier molecular flexibility index (Phi) is 4.63. The van der Waals surface area contributed by atoms with Gasteiger partial charge < -0.3 is 14.7 Å². The fraction of sp³-hybridized carbons (Fsp3) is 0.750. The van der Waals surface area contributed by atoms with E-state index in [1.54, 1.807) is 11.3 Å². The molecule has 2 aliphatic heterocycles. The number of likely N-dealkylation sites (tertiary alicyclic amines) is 1. The fourth-order valence-electron chi connectivity index (χ4n) is 3.65. The number of unbranched alkanes of at least 4 members (excludes halogenated alkanes) is 1. The van der Waals surface area contributed by atoms with E-state index in [0.29, 0.717) is 12.6 Å². The first-order valence-corrected chi connectivity index (χ1v) is 9.11. The van der Waals surface area contributed by atoms with Crippen LogP contribution in [0.3, 0.4) is 0 Å². The van der Waals surface area contributed by atoms with Crippen molar-refractivity contribution in [3.63, 3.8) is 0 Å². The number of fused-ring (bicyclic) bond motifs is 2. The van der Waals surface area contributed by atoms with Gasteiger partial charge in [-0.25, -0.2) is 0 Å². The predicted octanol–water partition coefficient (Wildman–Crippen LogP) is 3.94. The van der Waals surface area contributed by atoms with Crippen molar-refractivity contribution in [3.05, 3.63) is 20.8 Å². The molecule has 3 atom stereocenters. The molecule has 0 aromatic carbocycles. The van der Waals surface area contributed by atoms with Crippen LogP contribution in [0, 0.1) is 0 Å². The lowest BCUT2D eigenvalue weighted by Crippen LogP contribution is -2.50. The van der Waals surface area contributed by atoms with E-state index in [0.717, 1.165) is 34.2 Å². The quantitative estimate of drug-likeness (QED) is 0.911. The highest BCUT2D eigenvalue weighted by Gasteiger charge is 2.46. The number of aliphatic hydroxyl groups excluding tert-OH is 1. The van der Waals surface area contributed by atoms with Crippen LogP contribution in [0.4, 0.5) is 0 Å². The number of nitrogens with zero attached hydrogens (tertiary/aromatic N) is 1. The SMILES string of the molecule is CCCCN1CC[C@]2(C[C@@H]1C)OC[C@H](O)c1cc(Cl)sc12. The molecule has 5 heteroatoms. The van der Waals surface area contributed by atoms with Gasteiger partial charge >= 0.3 is 0 Å². The van der Waals surface area contributed by atoms with Gasteiger partial charge in [-0.1, -0.05) is 24.9 Å². The molecule has 0 radical (unpaired) electrons. The van der Waals surface area contributed by atoms with Crippen LogP contribution in [0.25, 0.3) is 0 Å². The van der Waals surface area contributed by atoms with Crippen molar-refractivity contribution in [1.29, 1.82) is 0 Å². The maximum absolute atomic E-state index is 10.1. The highest BCUT2D eigenvalue weighted by Crippen LogP contribution is 2.50. The van der Waals surface area contributed by atoms with Crippen molar-refractivity contribution in [3.8, 4) is 0 Å². The van der Waals surface area contributed by atoms with Crippen LogP contribution >= 0.6 is 22.9 Å². The lowest BCUT2D eigenvalue weighted by molar-refractivity contribution is -0.138. The maximum Gasteiger partial charge on any atom is 0.105 e. The van der Waals surface area contributed by atoms with Crippen molar-refractivity contribution >= 4 is 22.9 Å². The van der Waals surface area contributed by atoms with Crippen LogP contribution in [0.5, 0.6) is 0 Å². The van der Waals surface area contributed by atoms with Crippen LogP contribution in [-0.2, 0) is 10.3 Å². The molecule has 3 rings (SSSR count). The first-order chi connectivity index (χ1) is 10.1. The van der Waals surface area contributed by atoms with E-state index in [1.165, 1.54) is 19.4 Å². The summed E-state index contributed by atoms with van der Waals surface area (Å²) < 4.78 is 6.91. The summed E-state index contributed by atoms with van der Waals surface area (Å²) in [5, 5.41) is 10.1. The van der Waals surface area contributed by atoms with E-state index in [9.17, 15) is 5.11 Å². The first-order valence-electron chi connectivity index (χ1n) is 7.91. The Morgan fingerprint density at radius 3 is 3.10 bits per heavy atom. The number of hydrogen-bond donors (Lipinski definition) is 1. The number of piperidine rings is 1. The average molecular weight is 330 g/mol. The van der Waals surface area contributed by atoms with E-state index in [4.69, 9.17) is 16.3 Å².